The Balaban J connectivity index is 1.40. The van der Waals surface area contributed by atoms with E-state index >= 15 is 0 Å². The molecule has 2 saturated heterocycles. The summed E-state index contributed by atoms with van der Waals surface area (Å²) in [6.07, 6.45) is 0.963. The maximum atomic E-state index is 13.2. The molecule has 166 valence electrons. The summed E-state index contributed by atoms with van der Waals surface area (Å²) in [5.41, 5.74) is 3.32. The van der Waals surface area contributed by atoms with Crippen molar-refractivity contribution in [3.05, 3.63) is 23.7 Å². The third kappa shape index (κ3) is 3.51. The van der Waals surface area contributed by atoms with E-state index in [2.05, 4.69) is 29.8 Å². The Bertz CT molecular complexity index is 1050. The Morgan fingerprint density at radius 2 is 1.87 bits per heavy atom. The Morgan fingerprint density at radius 3 is 2.52 bits per heavy atom. The van der Waals surface area contributed by atoms with Crippen LogP contribution in [0.4, 0.5) is 5.69 Å². The number of esters is 1. The highest BCUT2D eigenvalue weighted by atomic mass is 32.1. The van der Waals surface area contributed by atoms with Gasteiger partial charge in [0.05, 0.1) is 27.3 Å². The van der Waals surface area contributed by atoms with Crippen LogP contribution in [0.2, 0.25) is 0 Å². The first-order chi connectivity index (χ1) is 14.5. The van der Waals surface area contributed by atoms with Gasteiger partial charge in [0.15, 0.2) is 0 Å². The molecule has 3 fully saturated rings. The second kappa shape index (κ2) is 6.67. The average molecular weight is 442 g/mol. The van der Waals surface area contributed by atoms with E-state index in [1.165, 1.54) is 0 Å². The summed E-state index contributed by atoms with van der Waals surface area (Å²) in [5.74, 6) is -0.00802. The zero-order chi connectivity index (χ0) is 22.2. The fourth-order valence-corrected chi connectivity index (χ4v) is 6.10. The molecule has 1 amide bonds. The van der Waals surface area contributed by atoms with E-state index in [0.29, 0.717) is 19.6 Å². The number of ether oxygens (including phenoxy) is 1. The summed E-state index contributed by atoms with van der Waals surface area (Å²) in [7, 11) is 0. The Labute approximate surface area is 187 Å². The fourth-order valence-electron chi connectivity index (χ4n) is 5.27. The fraction of sp³-hybridized carbons (Fsp3) is 0.625. The number of benzene rings is 1. The first kappa shape index (κ1) is 20.7. The smallest absolute Gasteiger partial charge is 0.312 e. The van der Waals surface area contributed by atoms with Gasteiger partial charge in [-0.2, -0.15) is 0 Å². The molecule has 1 aromatic heterocycles. The lowest BCUT2D eigenvalue weighted by molar-refractivity contribution is -0.171. The minimum absolute atomic E-state index is 0.119. The van der Waals surface area contributed by atoms with Gasteiger partial charge in [-0.1, -0.05) is 19.9 Å². The van der Waals surface area contributed by atoms with Crippen LogP contribution in [0, 0.1) is 22.7 Å². The summed E-state index contributed by atoms with van der Waals surface area (Å²) < 4.78 is 6.97. The molecule has 0 radical (unpaired) electrons. The van der Waals surface area contributed by atoms with E-state index in [1.54, 1.807) is 11.3 Å². The summed E-state index contributed by atoms with van der Waals surface area (Å²) in [6.45, 7) is 12.7. The van der Waals surface area contributed by atoms with Crippen molar-refractivity contribution in [1.29, 1.82) is 0 Å². The van der Waals surface area contributed by atoms with Gasteiger partial charge in [0.2, 0.25) is 5.91 Å². The van der Waals surface area contributed by atoms with E-state index in [1.807, 2.05) is 43.3 Å². The van der Waals surface area contributed by atoms with Gasteiger partial charge < -0.3 is 14.5 Å². The van der Waals surface area contributed by atoms with Gasteiger partial charge in [0.25, 0.3) is 0 Å². The minimum Gasteiger partial charge on any atom is -0.460 e. The second-order valence-corrected chi connectivity index (χ2v) is 12.1. The van der Waals surface area contributed by atoms with Gasteiger partial charge in [-0.15, -0.1) is 11.3 Å². The number of aromatic nitrogens is 1. The Morgan fingerprint density at radius 1 is 1.16 bits per heavy atom. The first-order valence-corrected chi connectivity index (χ1v) is 12.0. The standard InChI is InChI=1S/C24H31N3O3S/c1-22(2,3)30-21(29)16-10-26(18-8-6-7-17-19(18)31-14-25-17)11-24(16)12-27(13-24)20(28)15-9-23(15,4)5/h6-8,14-16H,9-13H2,1-5H3/t15-,16+/m1/s1. The van der Waals surface area contributed by atoms with Crippen LogP contribution in [0.1, 0.15) is 41.0 Å². The molecular formula is C24H31N3O3S. The number of likely N-dealkylation sites (tertiary alicyclic amines) is 1. The lowest BCUT2D eigenvalue weighted by atomic mass is 9.71. The molecule has 1 aliphatic carbocycles. The van der Waals surface area contributed by atoms with Crippen LogP contribution < -0.4 is 4.90 Å². The molecule has 7 heteroatoms. The van der Waals surface area contributed by atoms with Gasteiger partial charge in [0, 0.05) is 37.5 Å². The molecular weight excluding hydrogens is 410 g/mol. The zero-order valence-electron chi connectivity index (χ0n) is 19.0. The molecule has 3 heterocycles. The van der Waals surface area contributed by atoms with Crippen molar-refractivity contribution in [1.82, 2.24) is 9.88 Å². The van der Waals surface area contributed by atoms with Gasteiger partial charge in [0.1, 0.15) is 5.60 Å². The largest absolute Gasteiger partial charge is 0.460 e. The monoisotopic (exact) mass is 441 g/mol. The summed E-state index contributed by atoms with van der Waals surface area (Å²) in [6, 6.07) is 6.16. The summed E-state index contributed by atoms with van der Waals surface area (Å²) in [4.78, 5) is 34.9. The average Bonchev–Trinajstić information content (AvgIpc) is 3.03. The molecule has 1 aromatic carbocycles. The number of hydrogen-bond acceptors (Lipinski definition) is 6. The topological polar surface area (TPSA) is 62.7 Å². The van der Waals surface area contributed by atoms with Crippen molar-refractivity contribution >= 4 is 39.1 Å². The van der Waals surface area contributed by atoms with Crippen molar-refractivity contribution in [3.8, 4) is 0 Å². The number of thiazole rings is 1. The molecule has 0 N–H and O–H groups in total. The molecule has 6 nitrogen and oxygen atoms in total. The van der Waals surface area contributed by atoms with Crippen molar-refractivity contribution in [2.75, 3.05) is 31.1 Å². The number of rotatable bonds is 3. The molecule has 0 unspecified atom stereocenters. The van der Waals surface area contributed by atoms with E-state index in [-0.39, 0.29) is 34.5 Å². The highest BCUT2D eigenvalue weighted by Crippen LogP contribution is 2.55. The third-order valence-electron chi connectivity index (χ3n) is 7.15. The SMILES string of the molecule is CC(C)(C)OC(=O)[C@@H]1CN(c2cccc3ncsc23)CC12CN(C(=O)[C@H]1CC1(C)C)C2. The Hall–Kier alpha value is -2.15. The Kier molecular flexibility index (Phi) is 4.46. The molecule has 2 aliphatic heterocycles. The van der Waals surface area contributed by atoms with Crippen molar-refractivity contribution in [2.45, 2.75) is 46.6 Å². The van der Waals surface area contributed by atoms with Crippen molar-refractivity contribution < 1.29 is 14.3 Å². The first-order valence-electron chi connectivity index (χ1n) is 11.1. The number of amides is 1. The zero-order valence-corrected chi connectivity index (χ0v) is 19.8. The van der Waals surface area contributed by atoms with E-state index < -0.39 is 5.60 Å². The van der Waals surface area contributed by atoms with Gasteiger partial charge in [-0.3, -0.25) is 9.59 Å². The van der Waals surface area contributed by atoms with Crippen molar-refractivity contribution in [2.24, 2.45) is 22.7 Å². The molecule has 31 heavy (non-hydrogen) atoms. The number of carbonyl (C=O) groups excluding carboxylic acids is 2. The number of nitrogens with zero attached hydrogens (tertiary/aromatic N) is 3. The number of carbonyl (C=O) groups is 2. The number of hydrogen-bond donors (Lipinski definition) is 0. The van der Waals surface area contributed by atoms with Crippen LogP contribution in [0.5, 0.6) is 0 Å². The number of fused-ring (bicyclic) bond motifs is 1. The van der Waals surface area contributed by atoms with Crippen LogP contribution in [-0.2, 0) is 14.3 Å². The third-order valence-corrected chi connectivity index (χ3v) is 8.02. The summed E-state index contributed by atoms with van der Waals surface area (Å²) in [5, 5.41) is 0. The van der Waals surface area contributed by atoms with Crippen LogP contribution >= 0.6 is 11.3 Å². The van der Waals surface area contributed by atoms with Crippen LogP contribution in [0.15, 0.2) is 23.7 Å². The quantitative estimate of drug-likeness (QED) is 0.675. The number of anilines is 1. The molecule has 3 aliphatic rings. The van der Waals surface area contributed by atoms with Crippen LogP contribution in [-0.4, -0.2) is 53.5 Å². The van der Waals surface area contributed by atoms with E-state index in [9.17, 15) is 9.59 Å². The van der Waals surface area contributed by atoms with Crippen LogP contribution in [0.3, 0.4) is 0 Å². The maximum Gasteiger partial charge on any atom is 0.312 e. The molecule has 1 saturated carbocycles. The van der Waals surface area contributed by atoms with Crippen LogP contribution in [0.25, 0.3) is 10.2 Å². The van der Waals surface area contributed by atoms with Gasteiger partial charge >= 0.3 is 5.97 Å². The molecule has 2 atom stereocenters. The lowest BCUT2D eigenvalue weighted by Crippen LogP contribution is -2.64. The van der Waals surface area contributed by atoms with Gasteiger partial charge in [-0.25, -0.2) is 4.98 Å². The highest BCUT2D eigenvalue weighted by molar-refractivity contribution is 7.17. The minimum atomic E-state index is -0.527. The highest BCUT2D eigenvalue weighted by Gasteiger charge is 2.62. The second-order valence-electron chi connectivity index (χ2n) is 11.2. The molecule has 2 aromatic rings. The maximum absolute atomic E-state index is 13.2. The van der Waals surface area contributed by atoms with E-state index in [4.69, 9.17) is 4.74 Å². The predicted octanol–water partition coefficient (Wildman–Crippen LogP) is 3.95. The van der Waals surface area contributed by atoms with Crippen molar-refractivity contribution in [3.63, 3.8) is 0 Å². The lowest BCUT2D eigenvalue weighted by Gasteiger charge is -2.50. The molecule has 5 rings (SSSR count). The summed E-state index contributed by atoms with van der Waals surface area (Å²) >= 11 is 1.63. The molecule has 1 spiro atoms. The molecule has 0 bridgehead atoms. The predicted molar refractivity (Wildman–Crippen MR) is 122 cm³/mol. The van der Waals surface area contributed by atoms with Gasteiger partial charge in [-0.05, 0) is 44.7 Å². The normalized spacial score (nSPS) is 26.2. The van der Waals surface area contributed by atoms with E-state index in [0.717, 1.165) is 28.9 Å².